The van der Waals surface area contributed by atoms with Gasteiger partial charge in [0.1, 0.15) is 0 Å². The first-order valence-corrected chi connectivity index (χ1v) is 13.9. The first-order chi connectivity index (χ1) is 17.9. The molecule has 2 heterocycles. The Morgan fingerprint density at radius 2 is 1.42 bits per heavy atom. The fraction of sp³-hybridized carbons (Fsp3) is 0.206. The van der Waals surface area contributed by atoms with Gasteiger partial charge in [0, 0.05) is 25.8 Å². The predicted molar refractivity (Wildman–Crippen MR) is 159 cm³/mol. The van der Waals surface area contributed by atoms with Crippen LogP contribution in [0.4, 0.5) is 0 Å². The predicted octanol–water partition coefficient (Wildman–Crippen LogP) is 9.93. The van der Waals surface area contributed by atoms with Gasteiger partial charge in [-0.15, -0.1) is 11.5 Å². The number of aromatic nitrogens is 2. The van der Waals surface area contributed by atoms with E-state index in [1.165, 1.54) is 43.6 Å². The van der Waals surface area contributed by atoms with Gasteiger partial charge in [-0.1, -0.05) is 103 Å². The Morgan fingerprint density at radius 3 is 2.11 bits per heavy atom. The van der Waals surface area contributed by atoms with Crippen LogP contribution in [-0.4, -0.2) is 9.55 Å². The normalized spacial score (nSPS) is 11.6. The third-order valence-corrected chi connectivity index (χ3v) is 8.32. The topological polar surface area (TPSA) is 17.8 Å². The summed E-state index contributed by atoms with van der Waals surface area (Å²) in [7, 11) is 0. The van der Waals surface area contributed by atoms with Crippen molar-refractivity contribution in [2.75, 3.05) is 0 Å². The number of rotatable bonds is 5. The van der Waals surface area contributed by atoms with Crippen LogP contribution in [0.25, 0.3) is 49.3 Å². The molecule has 4 aromatic carbocycles. The SMILES string of the molecule is Cc1cccc2c(-c3nc4ccccc4n3-c3c(C(C)C)cc(-c4ccccc4)cc3C(C)C)[c-]sc12.[Ir]. The number of aryl methyl sites for hydroxylation is 1. The molecule has 0 bridgehead atoms. The minimum atomic E-state index is 0. The molecule has 2 nitrogen and oxygen atoms in total. The zero-order valence-electron chi connectivity index (χ0n) is 22.4. The van der Waals surface area contributed by atoms with Crippen molar-refractivity contribution in [2.24, 2.45) is 0 Å². The molecule has 0 saturated carbocycles. The van der Waals surface area contributed by atoms with Crippen molar-refractivity contribution in [3.63, 3.8) is 0 Å². The van der Waals surface area contributed by atoms with Crippen LogP contribution in [0.15, 0.2) is 84.9 Å². The smallest absolute Gasteiger partial charge is 0.0774 e. The quantitative estimate of drug-likeness (QED) is 0.165. The van der Waals surface area contributed by atoms with Crippen LogP contribution in [0.2, 0.25) is 0 Å². The minimum absolute atomic E-state index is 0. The van der Waals surface area contributed by atoms with Crippen molar-refractivity contribution in [3.05, 3.63) is 107 Å². The summed E-state index contributed by atoms with van der Waals surface area (Å²) in [6, 6.07) is 30.5. The number of fused-ring (bicyclic) bond motifs is 2. The summed E-state index contributed by atoms with van der Waals surface area (Å²) in [5, 5.41) is 4.86. The molecule has 6 rings (SSSR count). The third kappa shape index (κ3) is 4.45. The van der Waals surface area contributed by atoms with Crippen molar-refractivity contribution in [3.8, 4) is 28.2 Å². The van der Waals surface area contributed by atoms with E-state index in [1.807, 2.05) is 0 Å². The van der Waals surface area contributed by atoms with Crippen LogP contribution in [0, 0.1) is 12.3 Å². The Morgan fingerprint density at radius 1 is 0.763 bits per heavy atom. The minimum Gasteiger partial charge on any atom is -0.333 e. The molecule has 0 spiro atoms. The Bertz CT molecular complexity index is 1710. The van der Waals surface area contributed by atoms with Crippen molar-refractivity contribution < 1.29 is 20.1 Å². The maximum atomic E-state index is 5.23. The van der Waals surface area contributed by atoms with E-state index in [1.54, 1.807) is 11.3 Å². The number of benzene rings is 4. The molecule has 4 heteroatoms. The molecule has 2 aromatic heterocycles. The standard InChI is InChI=1S/C34H31N2S.Ir/c1-21(2)27-18-25(24-13-7-6-8-14-24)19-28(22(3)4)32(27)36-31-17-10-9-16-30(31)35-34(36)29-20-37-33-23(5)12-11-15-26(29)33;/h6-19,21-22H,1-5H3;/q-1;. The molecule has 38 heavy (non-hydrogen) atoms. The van der Waals surface area contributed by atoms with Gasteiger partial charge in [-0.05, 0) is 65.3 Å². The summed E-state index contributed by atoms with van der Waals surface area (Å²) < 4.78 is 3.69. The summed E-state index contributed by atoms with van der Waals surface area (Å²) in [6.45, 7) is 11.4. The van der Waals surface area contributed by atoms with Crippen molar-refractivity contribution >= 4 is 32.5 Å². The van der Waals surface area contributed by atoms with E-state index in [0.29, 0.717) is 11.8 Å². The van der Waals surface area contributed by atoms with Gasteiger partial charge in [0.2, 0.25) is 0 Å². The summed E-state index contributed by atoms with van der Waals surface area (Å²) in [5.74, 6) is 1.65. The average molecular weight is 692 g/mol. The van der Waals surface area contributed by atoms with Crippen LogP contribution in [-0.2, 0) is 20.1 Å². The number of hydrogen-bond donors (Lipinski definition) is 0. The number of imidazole rings is 1. The molecule has 0 amide bonds. The van der Waals surface area contributed by atoms with Gasteiger partial charge >= 0.3 is 0 Å². The van der Waals surface area contributed by atoms with Gasteiger partial charge in [0.05, 0.1) is 16.9 Å². The molecular weight excluding hydrogens is 661 g/mol. The van der Waals surface area contributed by atoms with Gasteiger partial charge in [-0.25, -0.2) is 0 Å². The number of hydrogen-bond acceptors (Lipinski definition) is 2. The first kappa shape index (κ1) is 26.6. The monoisotopic (exact) mass is 692 g/mol. The average Bonchev–Trinajstić information content (AvgIpc) is 3.50. The third-order valence-electron chi connectivity index (χ3n) is 7.26. The Balaban J connectivity index is 0.00000294. The van der Waals surface area contributed by atoms with Crippen LogP contribution >= 0.6 is 11.3 Å². The van der Waals surface area contributed by atoms with E-state index in [2.05, 4.69) is 129 Å². The van der Waals surface area contributed by atoms with Crippen molar-refractivity contribution in [1.29, 1.82) is 0 Å². The molecule has 0 aliphatic carbocycles. The van der Waals surface area contributed by atoms with Crippen LogP contribution < -0.4 is 0 Å². The molecule has 193 valence electrons. The first-order valence-electron chi connectivity index (χ1n) is 13.0. The van der Waals surface area contributed by atoms with Gasteiger partial charge in [-0.2, -0.15) is 0 Å². The molecule has 0 N–H and O–H groups in total. The zero-order valence-corrected chi connectivity index (χ0v) is 25.6. The summed E-state index contributed by atoms with van der Waals surface area (Å²) in [4.78, 5) is 5.23. The van der Waals surface area contributed by atoms with Crippen molar-refractivity contribution in [1.82, 2.24) is 9.55 Å². The number of para-hydroxylation sites is 2. The van der Waals surface area contributed by atoms with E-state index >= 15 is 0 Å². The van der Waals surface area contributed by atoms with Gasteiger partial charge in [0.25, 0.3) is 0 Å². The molecule has 0 unspecified atom stereocenters. The largest absolute Gasteiger partial charge is 0.333 e. The Labute approximate surface area is 242 Å². The summed E-state index contributed by atoms with van der Waals surface area (Å²) in [6.07, 6.45) is 0. The second-order valence-electron chi connectivity index (χ2n) is 10.5. The van der Waals surface area contributed by atoms with Crippen LogP contribution in [0.1, 0.15) is 56.2 Å². The molecule has 0 atom stereocenters. The Kier molecular flexibility index (Phi) is 7.42. The molecule has 0 fully saturated rings. The van der Waals surface area contributed by atoms with Crippen LogP contribution in [0.5, 0.6) is 0 Å². The summed E-state index contributed by atoms with van der Waals surface area (Å²) in [5.41, 5.74) is 11.0. The summed E-state index contributed by atoms with van der Waals surface area (Å²) >= 11 is 1.69. The maximum Gasteiger partial charge on any atom is 0.0774 e. The van der Waals surface area contributed by atoms with Gasteiger partial charge < -0.3 is 4.57 Å². The molecule has 0 aliphatic rings. The molecule has 0 aliphatic heterocycles. The van der Waals surface area contributed by atoms with Crippen LogP contribution in [0.3, 0.4) is 0 Å². The molecule has 1 radical (unpaired) electrons. The van der Waals surface area contributed by atoms with E-state index in [9.17, 15) is 0 Å². The second kappa shape index (κ2) is 10.6. The van der Waals surface area contributed by atoms with E-state index < -0.39 is 0 Å². The van der Waals surface area contributed by atoms with E-state index in [4.69, 9.17) is 4.98 Å². The molecule has 6 aromatic rings. The van der Waals surface area contributed by atoms with Crippen molar-refractivity contribution in [2.45, 2.75) is 46.5 Å². The second-order valence-corrected chi connectivity index (χ2v) is 11.3. The number of thiophene rings is 1. The fourth-order valence-electron chi connectivity index (χ4n) is 5.34. The van der Waals surface area contributed by atoms with Gasteiger partial charge in [-0.3, -0.25) is 16.3 Å². The molecule has 0 saturated heterocycles. The van der Waals surface area contributed by atoms with Gasteiger partial charge in [0.15, 0.2) is 0 Å². The van der Waals surface area contributed by atoms with E-state index in [0.717, 1.165) is 22.4 Å². The molecular formula is C34H31IrN2S-. The Hall–Kier alpha value is -3.04. The van der Waals surface area contributed by atoms with E-state index in [-0.39, 0.29) is 20.1 Å². The fourth-order valence-corrected chi connectivity index (χ4v) is 6.26. The number of nitrogens with zero attached hydrogens (tertiary/aromatic N) is 2. The maximum absolute atomic E-state index is 5.23. The zero-order chi connectivity index (χ0) is 25.7.